The fourth-order valence-corrected chi connectivity index (χ4v) is 1.75. The van der Waals surface area contributed by atoms with Crippen LogP contribution in [0.2, 0.25) is 0 Å². The molecule has 0 radical (unpaired) electrons. The van der Waals surface area contributed by atoms with Gasteiger partial charge in [0.1, 0.15) is 5.75 Å². The molecule has 2 rings (SSSR count). The second kappa shape index (κ2) is 7.93. The van der Waals surface area contributed by atoms with Gasteiger partial charge in [0.15, 0.2) is 11.6 Å². The average molecular weight is 315 g/mol. The van der Waals surface area contributed by atoms with E-state index in [-0.39, 0.29) is 18.3 Å². The van der Waals surface area contributed by atoms with E-state index in [1.165, 1.54) is 18.3 Å². The van der Waals surface area contributed by atoms with E-state index in [2.05, 4.69) is 22.2 Å². The minimum atomic E-state index is -0.504. The highest BCUT2D eigenvalue weighted by Gasteiger charge is 2.07. The lowest BCUT2D eigenvalue weighted by atomic mass is 10.2. The molecular formula is C17H18FN3O2. The Balaban J connectivity index is 1.91. The molecule has 1 aromatic carbocycles. The Morgan fingerprint density at radius 3 is 2.83 bits per heavy atom. The van der Waals surface area contributed by atoms with Gasteiger partial charge in [0.05, 0.1) is 6.20 Å². The number of hydrogen-bond acceptors (Lipinski definition) is 3. The minimum absolute atomic E-state index is 0.105. The van der Waals surface area contributed by atoms with Crippen molar-refractivity contribution in [2.24, 2.45) is 0 Å². The zero-order valence-corrected chi connectivity index (χ0v) is 12.8. The van der Waals surface area contributed by atoms with E-state index in [9.17, 15) is 9.18 Å². The molecule has 0 fully saturated rings. The SMILES string of the molecule is C=C(C)CNC(=O)NCc1ccc(Oc2cccnc2)c(F)c1. The van der Waals surface area contributed by atoms with Crippen LogP contribution in [0.1, 0.15) is 12.5 Å². The van der Waals surface area contributed by atoms with E-state index in [4.69, 9.17) is 4.74 Å². The Labute approximate surface area is 134 Å². The highest BCUT2D eigenvalue weighted by atomic mass is 19.1. The number of carbonyl (C=O) groups is 1. The molecule has 0 saturated carbocycles. The van der Waals surface area contributed by atoms with E-state index in [0.29, 0.717) is 17.9 Å². The Hall–Kier alpha value is -2.89. The smallest absolute Gasteiger partial charge is 0.315 e. The van der Waals surface area contributed by atoms with Gasteiger partial charge in [-0.15, -0.1) is 0 Å². The zero-order chi connectivity index (χ0) is 16.7. The summed E-state index contributed by atoms with van der Waals surface area (Å²) < 4.78 is 19.4. The molecule has 0 atom stereocenters. The van der Waals surface area contributed by atoms with Crippen LogP contribution in [-0.4, -0.2) is 17.6 Å². The molecule has 0 bridgehead atoms. The molecule has 0 spiro atoms. The molecule has 0 aliphatic rings. The summed E-state index contributed by atoms with van der Waals surface area (Å²) in [6, 6.07) is 7.59. The Kier molecular flexibility index (Phi) is 5.68. The van der Waals surface area contributed by atoms with Gasteiger partial charge in [0.25, 0.3) is 0 Å². The topological polar surface area (TPSA) is 63.2 Å². The summed E-state index contributed by atoms with van der Waals surface area (Å²) in [5, 5.41) is 5.28. The third kappa shape index (κ3) is 5.43. The first kappa shape index (κ1) is 16.5. The molecule has 1 heterocycles. The van der Waals surface area contributed by atoms with Gasteiger partial charge in [-0.05, 0) is 36.8 Å². The lowest BCUT2D eigenvalue weighted by molar-refractivity contribution is 0.241. The fourth-order valence-electron chi connectivity index (χ4n) is 1.75. The number of hydrogen-bond donors (Lipinski definition) is 2. The van der Waals surface area contributed by atoms with Crippen LogP contribution in [0.25, 0.3) is 0 Å². The van der Waals surface area contributed by atoms with Crippen molar-refractivity contribution in [2.45, 2.75) is 13.5 Å². The van der Waals surface area contributed by atoms with Crippen LogP contribution in [0.4, 0.5) is 9.18 Å². The monoisotopic (exact) mass is 315 g/mol. The number of benzene rings is 1. The Morgan fingerprint density at radius 1 is 1.35 bits per heavy atom. The van der Waals surface area contributed by atoms with Crippen LogP contribution in [0.3, 0.4) is 0 Å². The van der Waals surface area contributed by atoms with Gasteiger partial charge in [-0.3, -0.25) is 4.98 Å². The van der Waals surface area contributed by atoms with Crippen molar-refractivity contribution >= 4 is 6.03 Å². The van der Waals surface area contributed by atoms with Crippen molar-refractivity contribution in [3.05, 3.63) is 66.3 Å². The summed E-state index contributed by atoms with van der Waals surface area (Å²) >= 11 is 0. The van der Waals surface area contributed by atoms with Crippen LogP contribution in [0.15, 0.2) is 54.9 Å². The quantitative estimate of drug-likeness (QED) is 0.803. The van der Waals surface area contributed by atoms with E-state index in [1.54, 1.807) is 24.4 Å². The summed E-state index contributed by atoms with van der Waals surface area (Å²) in [5.74, 6) is 0.0560. The maximum Gasteiger partial charge on any atom is 0.315 e. The molecule has 0 aliphatic carbocycles. The predicted molar refractivity (Wildman–Crippen MR) is 85.8 cm³/mol. The molecule has 6 heteroatoms. The van der Waals surface area contributed by atoms with Gasteiger partial charge in [-0.1, -0.05) is 18.2 Å². The molecule has 2 N–H and O–H groups in total. The predicted octanol–water partition coefficient (Wildman–Crippen LogP) is 3.39. The zero-order valence-electron chi connectivity index (χ0n) is 12.8. The van der Waals surface area contributed by atoms with Crippen LogP contribution in [0.5, 0.6) is 11.5 Å². The maximum absolute atomic E-state index is 14.0. The first-order chi connectivity index (χ1) is 11.0. The summed E-state index contributed by atoms with van der Waals surface area (Å²) in [5.41, 5.74) is 1.48. The molecule has 2 amide bonds. The number of nitrogens with one attached hydrogen (secondary N) is 2. The number of halogens is 1. The van der Waals surface area contributed by atoms with Gasteiger partial charge in [-0.2, -0.15) is 0 Å². The first-order valence-electron chi connectivity index (χ1n) is 7.07. The van der Waals surface area contributed by atoms with Gasteiger partial charge >= 0.3 is 6.03 Å². The van der Waals surface area contributed by atoms with Gasteiger partial charge < -0.3 is 15.4 Å². The highest BCUT2D eigenvalue weighted by molar-refractivity contribution is 5.74. The lowest BCUT2D eigenvalue weighted by Gasteiger charge is -2.10. The van der Waals surface area contributed by atoms with Crippen LogP contribution >= 0.6 is 0 Å². The second-order valence-corrected chi connectivity index (χ2v) is 5.05. The fraction of sp³-hybridized carbons (Fsp3) is 0.176. The Morgan fingerprint density at radius 2 is 2.17 bits per heavy atom. The summed E-state index contributed by atoms with van der Waals surface area (Å²) in [4.78, 5) is 15.4. The molecule has 5 nitrogen and oxygen atoms in total. The highest BCUT2D eigenvalue weighted by Crippen LogP contribution is 2.24. The number of rotatable bonds is 6. The minimum Gasteiger partial charge on any atom is -0.453 e. The molecule has 0 unspecified atom stereocenters. The maximum atomic E-state index is 14.0. The first-order valence-corrected chi connectivity index (χ1v) is 7.07. The van der Waals surface area contributed by atoms with Crippen molar-refractivity contribution < 1.29 is 13.9 Å². The van der Waals surface area contributed by atoms with Gasteiger partial charge in [0, 0.05) is 19.3 Å². The standard InChI is InChI=1S/C17H18FN3O2/c1-12(2)9-20-17(22)21-10-13-5-6-16(15(18)8-13)23-14-4-3-7-19-11-14/h3-8,11H,1,9-10H2,2H3,(H2,20,21,22). The van der Waals surface area contributed by atoms with E-state index in [1.807, 2.05) is 6.92 Å². The molecule has 2 aromatic rings. The van der Waals surface area contributed by atoms with Gasteiger partial charge in [0.2, 0.25) is 0 Å². The van der Waals surface area contributed by atoms with E-state index >= 15 is 0 Å². The van der Waals surface area contributed by atoms with Crippen LogP contribution in [-0.2, 0) is 6.54 Å². The van der Waals surface area contributed by atoms with Crippen molar-refractivity contribution in [3.63, 3.8) is 0 Å². The van der Waals surface area contributed by atoms with Crippen LogP contribution in [0, 0.1) is 5.82 Å². The van der Waals surface area contributed by atoms with Crippen LogP contribution < -0.4 is 15.4 Å². The summed E-state index contributed by atoms with van der Waals surface area (Å²) in [7, 11) is 0. The van der Waals surface area contributed by atoms with Crippen molar-refractivity contribution in [3.8, 4) is 11.5 Å². The van der Waals surface area contributed by atoms with E-state index in [0.717, 1.165) is 5.57 Å². The Bertz CT molecular complexity index is 689. The average Bonchev–Trinajstić information content (AvgIpc) is 2.54. The van der Waals surface area contributed by atoms with E-state index < -0.39 is 5.82 Å². The number of carbonyl (C=O) groups excluding carboxylic acids is 1. The second-order valence-electron chi connectivity index (χ2n) is 5.05. The largest absolute Gasteiger partial charge is 0.453 e. The molecular weight excluding hydrogens is 297 g/mol. The number of aromatic nitrogens is 1. The van der Waals surface area contributed by atoms with Gasteiger partial charge in [-0.25, -0.2) is 9.18 Å². The molecule has 0 aliphatic heterocycles. The van der Waals surface area contributed by atoms with Crippen molar-refractivity contribution in [1.29, 1.82) is 0 Å². The molecule has 120 valence electrons. The van der Waals surface area contributed by atoms with Crippen molar-refractivity contribution in [2.75, 3.05) is 6.54 Å². The number of amides is 2. The third-order valence-electron chi connectivity index (χ3n) is 2.86. The number of pyridine rings is 1. The summed E-state index contributed by atoms with van der Waals surface area (Å²) in [6.07, 6.45) is 3.11. The number of urea groups is 1. The van der Waals surface area contributed by atoms with Crippen molar-refractivity contribution in [1.82, 2.24) is 15.6 Å². The third-order valence-corrected chi connectivity index (χ3v) is 2.86. The lowest BCUT2D eigenvalue weighted by Crippen LogP contribution is -2.35. The number of nitrogens with zero attached hydrogens (tertiary/aromatic N) is 1. The normalized spacial score (nSPS) is 10.0. The number of ether oxygens (including phenoxy) is 1. The summed E-state index contributed by atoms with van der Waals surface area (Å²) in [6.45, 7) is 6.12. The molecule has 1 aromatic heterocycles. The molecule has 23 heavy (non-hydrogen) atoms. The molecule has 0 saturated heterocycles.